The van der Waals surface area contributed by atoms with E-state index < -0.39 is 0 Å². The third-order valence-corrected chi connectivity index (χ3v) is 7.05. The number of carbonyl (C=O) groups is 2. The van der Waals surface area contributed by atoms with Gasteiger partial charge in [0.1, 0.15) is 5.75 Å². The fraction of sp³-hybridized carbons (Fsp3) is 0.188. The van der Waals surface area contributed by atoms with Crippen molar-refractivity contribution in [1.29, 1.82) is 0 Å². The summed E-state index contributed by atoms with van der Waals surface area (Å²) in [6.45, 7) is 3.07. The predicted octanol–water partition coefficient (Wildman–Crippen LogP) is 6.33. The van der Waals surface area contributed by atoms with E-state index >= 15 is 0 Å². The molecule has 0 aliphatic heterocycles. The number of amides is 2. The lowest BCUT2D eigenvalue weighted by Crippen LogP contribution is -2.28. The van der Waals surface area contributed by atoms with Gasteiger partial charge in [0.2, 0.25) is 0 Å². The third-order valence-electron chi connectivity index (χ3n) is 6.17. The summed E-state index contributed by atoms with van der Waals surface area (Å²) in [5, 5.41) is 6.31. The molecule has 0 saturated heterocycles. The van der Waals surface area contributed by atoms with Gasteiger partial charge in [-0.15, -0.1) is 0 Å². The number of ether oxygens (including phenoxy) is 1. The molecule has 0 aromatic heterocycles. The zero-order chi connectivity index (χ0) is 28.5. The normalized spacial score (nSPS) is 10.5. The Morgan fingerprint density at radius 2 is 1.52 bits per heavy atom. The fourth-order valence-corrected chi connectivity index (χ4v) is 4.90. The summed E-state index contributed by atoms with van der Waals surface area (Å²) in [6, 6.07) is 29.1. The van der Waals surface area contributed by atoms with Crippen molar-refractivity contribution >= 4 is 35.1 Å². The number of hydrogen-bond acceptors (Lipinski definition) is 6. The first-order valence-electron chi connectivity index (χ1n) is 13.0. The Morgan fingerprint density at radius 1 is 0.800 bits per heavy atom. The van der Waals surface area contributed by atoms with Crippen LogP contribution in [0, 0.1) is 6.92 Å². The van der Waals surface area contributed by atoms with Crippen molar-refractivity contribution in [1.82, 2.24) is 10.2 Å². The second-order valence-corrected chi connectivity index (χ2v) is 10.3. The highest BCUT2D eigenvalue weighted by atomic mass is 32.2. The lowest BCUT2D eigenvalue weighted by Gasteiger charge is -2.14. The first-order chi connectivity index (χ1) is 19.3. The summed E-state index contributed by atoms with van der Waals surface area (Å²) in [7, 11) is 5.15. The quantitative estimate of drug-likeness (QED) is 0.148. The van der Waals surface area contributed by atoms with Crippen LogP contribution >= 0.6 is 11.9 Å². The van der Waals surface area contributed by atoms with Gasteiger partial charge in [-0.1, -0.05) is 42.0 Å². The number of nitrogens with one attached hydrogen (secondary N) is 3. The maximum absolute atomic E-state index is 12.4. The highest BCUT2D eigenvalue weighted by molar-refractivity contribution is 8.00. The fourth-order valence-electron chi connectivity index (χ4n) is 4.10. The number of nitrogens with zero attached hydrogens (tertiary/aromatic N) is 1. The van der Waals surface area contributed by atoms with Crippen LogP contribution < -0.4 is 20.1 Å². The van der Waals surface area contributed by atoms with Crippen LogP contribution in [0.1, 0.15) is 26.3 Å². The van der Waals surface area contributed by atoms with Crippen molar-refractivity contribution in [3.63, 3.8) is 0 Å². The molecule has 4 aromatic carbocycles. The number of carbonyl (C=O) groups excluding carboxylic acids is 2. The van der Waals surface area contributed by atoms with Crippen molar-refractivity contribution in [2.24, 2.45) is 0 Å². The third kappa shape index (κ3) is 7.57. The van der Waals surface area contributed by atoms with Crippen LogP contribution in [0.2, 0.25) is 0 Å². The van der Waals surface area contributed by atoms with Crippen LogP contribution in [0.5, 0.6) is 5.75 Å². The largest absolute Gasteiger partial charge is 0.496 e. The Hall–Kier alpha value is -4.43. The zero-order valence-corrected chi connectivity index (χ0v) is 24.0. The Morgan fingerprint density at radius 3 is 2.30 bits per heavy atom. The number of aryl methyl sites for hydroxylation is 1. The van der Waals surface area contributed by atoms with Gasteiger partial charge < -0.3 is 25.0 Å². The molecule has 0 bridgehead atoms. The van der Waals surface area contributed by atoms with Gasteiger partial charge in [0.05, 0.1) is 12.0 Å². The second kappa shape index (κ2) is 13.6. The maximum Gasteiger partial charge on any atom is 0.253 e. The van der Waals surface area contributed by atoms with Gasteiger partial charge in [-0.2, -0.15) is 0 Å². The molecule has 3 N–H and O–H groups in total. The summed E-state index contributed by atoms with van der Waals surface area (Å²) in [4.78, 5) is 27.3. The molecule has 0 aliphatic carbocycles. The minimum atomic E-state index is -0.0791. The van der Waals surface area contributed by atoms with E-state index in [1.165, 1.54) is 11.9 Å². The number of rotatable bonds is 11. The van der Waals surface area contributed by atoms with Crippen molar-refractivity contribution in [2.75, 3.05) is 44.3 Å². The molecule has 0 atom stereocenters. The van der Waals surface area contributed by atoms with Gasteiger partial charge in [0.15, 0.2) is 0 Å². The van der Waals surface area contributed by atoms with E-state index in [9.17, 15) is 9.59 Å². The van der Waals surface area contributed by atoms with E-state index in [0.29, 0.717) is 24.2 Å². The Kier molecular flexibility index (Phi) is 9.70. The molecule has 0 aliphatic rings. The Balaban J connectivity index is 1.37. The van der Waals surface area contributed by atoms with Crippen molar-refractivity contribution in [3.8, 4) is 16.9 Å². The number of hydrogen-bond donors (Lipinski definition) is 3. The minimum absolute atomic E-state index is 0.0335. The van der Waals surface area contributed by atoms with Crippen LogP contribution in [-0.2, 0) is 0 Å². The van der Waals surface area contributed by atoms with Gasteiger partial charge in [-0.05, 0) is 84.6 Å². The molecule has 0 radical (unpaired) electrons. The molecule has 0 saturated carbocycles. The Labute approximate surface area is 240 Å². The molecule has 0 unspecified atom stereocenters. The van der Waals surface area contributed by atoms with Gasteiger partial charge in [0, 0.05) is 49.7 Å². The molecule has 4 aromatic rings. The van der Waals surface area contributed by atoms with Crippen LogP contribution in [0.3, 0.4) is 0 Å². The molecule has 206 valence electrons. The SMILES string of the molecule is COc1ccc(-c2cccc(C(=O)N(C)C)c2)cc1SNc1cccc(NCCNC(=O)c2cccc(C)c2)c1. The first kappa shape index (κ1) is 28.6. The summed E-state index contributed by atoms with van der Waals surface area (Å²) >= 11 is 1.45. The Bertz CT molecular complexity index is 1490. The molecule has 0 fully saturated rings. The predicted molar refractivity (Wildman–Crippen MR) is 164 cm³/mol. The summed E-state index contributed by atoms with van der Waals surface area (Å²) < 4.78 is 9.00. The van der Waals surface area contributed by atoms with Crippen LogP contribution in [-0.4, -0.2) is 51.0 Å². The topological polar surface area (TPSA) is 82.7 Å². The highest BCUT2D eigenvalue weighted by Gasteiger charge is 2.12. The number of anilines is 2. The molecule has 4 rings (SSSR count). The molecular weight excluding hydrogens is 520 g/mol. The van der Waals surface area contributed by atoms with E-state index in [1.807, 2.05) is 91.9 Å². The van der Waals surface area contributed by atoms with E-state index in [-0.39, 0.29) is 11.8 Å². The molecule has 2 amide bonds. The summed E-state index contributed by atoms with van der Waals surface area (Å²) in [6.07, 6.45) is 0. The molecule has 7 nitrogen and oxygen atoms in total. The van der Waals surface area contributed by atoms with E-state index in [4.69, 9.17) is 4.74 Å². The molecular formula is C32H34N4O3S. The number of methoxy groups -OCH3 is 1. The van der Waals surface area contributed by atoms with Crippen LogP contribution in [0.4, 0.5) is 11.4 Å². The standard InChI is InChI=1S/C32H34N4O3S/c1-22-8-5-10-25(18-22)31(37)34-17-16-33-27-12-7-13-28(21-27)35-40-30-20-24(14-15-29(30)39-4)23-9-6-11-26(19-23)32(38)36(2)3/h5-15,18-21,33,35H,16-17H2,1-4H3,(H,34,37). The molecule has 0 spiro atoms. The smallest absolute Gasteiger partial charge is 0.253 e. The minimum Gasteiger partial charge on any atom is -0.496 e. The lowest BCUT2D eigenvalue weighted by atomic mass is 10.0. The highest BCUT2D eigenvalue weighted by Crippen LogP contribution is 2.35. The molecule has 0 heterocycles. The molecule has 40 heavy (non-hydrogen) atoms. The monoisotopic (exact) mass is 554 g/mol. The number of benzene rings is 4. The van der Waals surface area contributed by atoms with Crippen molar-refractivity contribution < 1.29 is 14.3 Å². The summed E-state index contributed by atoms with van der Waals surface area (Å²) in [5.74, 6) is 0.638. The average molecular weight is 555 g/mol. The molecule has 8 heteroatoms. The maximum atomic E-state index is 12.4. The van der Waals surface area contributed by atoms with E-state index in [0.717, 1.165) is 38.7 Å². The first-order valence-corrected chi connectivity index (χ1v) is 13.8. The van der Waals surface area contributed by atoms with Crippen molar-refractivity contribution in [2.45, 2.75) is 11.8 Å². The van der Waals surface area contributed by atoms with E-state index in [2.05, 4.69) is 21.4 Å². The van der Waals surface area contributed by atoms with Gasteiger partial charge >= 0.3 is 0 Å². The van der Waals surface area contributed by atoms with Gasteiger partial charge in [0.25, 0.3) is 11.8 Å². The van der Waals surface area contributed by atoms with Gasteiger partial charge in [-0.3, -0.25) is 9.59 Å². The second-order valence-electron chi connectivity index (χ2n) is 9.48. The zero-order valence-electron chi connectivity index (χ0n) is 23.2. The van der Waals surface area contributed by atoms with Crippen LogP contribution in [0.25, 0.3) is 11.1 Å². The summed E-state index contributed by atoms with van der Waals surface area (Å²) in [5.41, 5.74) is 6.17. The lowest BCUT2D eigenvalue weighted by molar-refractivity contribution is 0.0827. The average Bonchev–Trinajstić information content (AvgIpc) is 2.97. The van der Waals surface area contributed by atoms with Gasteiger partial charge in [-0.25, -0.2) is 0 Å². The van der Waals surface area contributed by atoms with Crippen molar-refractivity contribution in [3.05, 3.63) is 108 Å². The van der Waals surface area contributed by atoms with E-state index in [1.54, 1.807) is 26.1 Å². The van der Waals surface area contributed by atoms with Crippen LogP contribution in [0.15, 0.2) is 95.9 Å².